The van der Waals surface area contributed by atoms with E-state index in [1.807, 2.05) is 6.92 Å². The number of nitro benzene ring substituents is 1. The third-order valence-electron chi connectivity index (χ3n) is 3.74. The van der Waals surface area contributed by atoms with E-state index in [2.05, 4.69) is 4.72 Å². The molecule has 0 radical (unpaired) electrons. The van der Waals surface area contributed by atoms with Crippen LogP contribution < -0.4 is 4.72 Å². The van der Waals surface area contributed by atoms with Gasteiger partial charge in [-0.2, -0.15) is 4.72 Å². The number of carbonyl (C=O) groups excluding carboxylic acids is 1. The first-order valence-corrected chi connectivity index (χ1v) is 9.13. The maximum absolute atomic E-state index is 12.2. The van der Waals surface area contributed by atoms with Crippen LogP contribution in [0.2, 0.25) is 0 Å². The van der Waals surface area contributed by atoms with Crippen molar-refractivity contribution < 1.29 is 22.9 Å². The van der Waals surface area contributed by atoms with E-state index in [9.17, 15) is 23.3 Å². The number of nitrogens with one attached hydrogen (secondary N) is 1. The number of sulfonamides is 1. The standard InChI is InChI=1S/C17H18N2O6S/c1-12-3-8-16(9-13(12)2)26(23,24)18-10-17(20)25-11-14-4-6-15(7-5-14)19(21)22/h3-9,18H,10-11H2,1-2H3. The van der Waals surface area contributed by atoms with Gasteiger partial charge in [-0.1, -0.05) is 6.07 Å². The minimum atomic E-state index is -3.82. The molecule has 2 aromatic carbocycles. The van der Waals surface area contributed by atoms with Crippen LogP contribution in [-0.2, 0) is 26.2 Å². The maximum Gasteiger partial charge on any atom is 0.321 e. The summed E-state index contributed by atoms with van der Waals surface area (Å²) in [5.41, 5.74) is 2.28. The van der Waals surface area contributed by atoms with E-state index in [-0.39, 0.29) is 17.2 Å². The molecule has 0 unspecified atom stereocenters. The van der Waals surface area contributed by atoms with Gasteiger partial charge in [-0.3, -0.25) is 14.9 Å². The normalized spacial score (nSPS) is 11.2. The third-order valence-corrected chi connectivity index (χ3v) is 5.14. The molecular weight excluding hydrogens is 360 g/mol. The van der Waals surface area contributed by atoms with Crippen LogP contribution in [-0.4, -0.2) is 25.9 Å². The molecular formula is C17H18N2O6S. The lowest BCUT2D eigenvalue weighted by molar-refractivity contribution is -0.384. The molecule has 0 amide bonds. The lowest BCUT2D eigenvalue weighted by Gasteiger charge is -2.09. The maximum atomic E-state index is 12.2. The fraction of sp³-hybridized carbons (Fsp3) is 0.235. The van der Waals surface area contributed by atoms with Crippen molar-refractivity contribution in [3.05, 3.63) is 69.3 Å². The summed E-state index contributed by atoms with van der Waals surface area (Å²) in [4.78, 5) is 21.8. The lowest BCUT2D eigenvalue weighted by Crippen LogP contribution is -2.30. The van der Waals surface area contributed by atoms with E-state index >= 15 is 0 Å². The van der Waals surface area contributed by atoms with Crippen molar-refractivity contribution in [1.82, 2.24) is 4.72 Å². The summed E-state index contributed by atoms with van der Waals surface area (Å²) in [6.45, 7) is 3.05. The number of nitrogens with zero attached hydrogens (tertiary/aromatic N) is 1. The van der Waals surface area contributed by atoms with Gasteiger partial charge in [-0.15, -0.1) is 0 Å². The molecule has 0 aliphatic heterocycles. The van der Waals surface area contributed by atoms with Gasteiger partial charge in [0.15, 0.2) is 0 Å². The van der Waals surface area contributed by atoms with Gasteiger partial charge < -0.3 is 4.74 Å². The van der Waals surface area contributed by atoms with E-state index in [0.29, 0.717) is 5.56 Å². The van der Waals surface area contributed by atoms with Crippen molar-refractivity contribution >= 4 is 21.7 Å². The van der Waals surface area contributed by atoms with Crippen LogP contribution in [0.15, 0.2) is 47.4 Å². The molecule has 8 nitrogen and oxygen atoms in total. The van der Waals surface area contributed by atoms with Crippen LogP contribution in [0.4, 0.5) is 5.69 Å². The topological polar surface area (TPSA) is 116 Å². The van der Waals surface area contributed by atoms with Crippen LogP contribution in [0.3, 0.4) is 0 Å². The smallest absolute Gasteiger partial charge is 0.321 e. The fourth-order valence-corrected chi connectivity index (χ4v) is 3.10. The predicted molar refractivity (Wildman–Crippen MR) is 94.0 cm³/mol. The molecule has 0 heterocycles. The van der Waals surface area contributed by atoms with Crippen molar-refractivity contribution in [2.45, 2.75) is 25.3 Å². The molecule has 0 spiro atoms. The SMILES string of the molecule is Cc1ccc(S(=O)(=O)NCC(=O)OCc2ccc([N+](=O)[O-])cc2)cc1C. The highest BCUT2D eigenvalue weighted by molar-refractivity contribution is 7.89. The van der Waals surface area contributed by atoms with Crippen molar-refractivity contribution in [1.29, 1.82) is 0 Å². The Kier molecular flexibility index (Phi) is 6.06. The largest absolute Gasteiger partial charge is 0.460 e. The van der Waals surface area contributed by atoms with Crippen LogP contribution in [0.1, 0.15) is 16.7 Å². The van der Waals surface area contributed by atoms with Gasteiger partial charge in [-0.25, -0.2) is 8.42 Å². The molecule has 0 aliphatic rings. The van der Waals surface area contributed by atoms with E-state index in [1.165, 1.54) is 36.4 Å². The number of rotatable bonds is 7. The Balaban J connectivity index is 1.89. The fourth-order valence-electron chi connectivity index (χ4n) is 2.05. The predicted octanol–water partition coefficient (Wildman–Crippen LogP) is 2.23. The van der Waals surface area contributed by atoms with Gasteiger partial charge in [0.25, 0.3) is 5.69 Å². The number of ether oxygens (including phenoxy) is 1. The van der Waals surface area contributed by atoms with Crippen molar-refractivity contribution in [2.24, 2.45) is 0 Å². The summed E-state index contributed by atoms with van der Waals surface area (Å²) >= 11 is 0. The summed E-state index contributed by atoms with van der Waals surface area (Å²) in [5.74, 6) is -0.754. The lowest BCUT2D eigenvalue weighted by atomic mass is 10.1. The Morgan fingerprint density at radius 3 is 2.35 bits per heavy atom. The average molecular weight is 378 g/mol. The van der Waals surface area contributed by atoms with Crippen molar-refractivity contribution in [2.75, 3.05) is 6.54 Å². The first-order valence-electron chi connectivity index (χ1n) is 7.65. The first kappa shape index (κ1) is 19.5. The highest BCUT2D eigenvalue weighted by Crippen LogP contribution is 2.15. The van der Waals surface area contributed by atoms with Gasteiger partial charge in [0.1, 0.15) is 13.2 Å². The second kappa shape index (κ2) is 8.07. The van der Waals surface area contributed by atoms with E-state index in [4.69, 9.17) is 4.74 Å². The highest BCUT2D eigenvalue weighted by atomic mass is 32.2. The summed E-state index contributed by atoms with van der Waals surface area (Å²) < 4.78 is 31.5. The second-order valence-corrected chi connectivity index (χ2v) is 7.42. The minimum Gasteiger partial charge on any atom is -0.460 e. The van der Waals surface area contributed by atoms with Gasteiger partial charge in [-0.05, 0) is 54.8 Å². The monoisotopic (exact) mass is 378 g/mol. The molecule has 0 aliphatic carbocycles. The number of hydrogen-bond donors (Lipinski definition) is 1. The first-order chi connectivity index (χ1) is 12.2. The zero-order valence-corrected chi connectivity index (χ0v) is 15.1. The zero-order valence-electron chi connectivity index (χ0n) is 14.3. The molecule has 0 saturated heterocycles. The quantitative estimate of drug-likeness (QED) is 0.449. The van der Waals surface area contributed by atoms with Crippen LogP contribution in [0.25, 0.3) is 0 Å². The van der Waals surface area contributed by atoms with E-state index in [0.717, 1.165) is 11.1 Å². The Morgan fingerprint density at radius 2 is 1.77 bits per heavy atom. The molecule has 26 heavy (non-hydrogen) atoms. The molecule has 9 heteroatoms. The van der Waals surface area contributed by atoms with E-state index in [1.54, 1.807) is 13.0 Å². The molecule has 0 saturated carbocycles. The van der Waals surface area contributed by atoms with Gasteiger partial charge >= 0.3 is 5.97 Å². The van der Waals surface area contributed by atoms with Crippen molar-refractivity contribution in [3.63, 3.8) is 0 Å². The molecule has 1 N–H and O–H groups in total. The number of aryl methyl sites for hydroxylation is 2. The average Bonchev–Trinajstić information content (AvgIpc) is 2.60. The molecule has 2 aromatic rings. The number of esters is 1. The molecule has 0 bridgehead atoms. The van der Waals surface area contributed by atoms with Gasteiger partial charge in [0, 0.05) is 12.1 Å². The number of hydrogen-bond acceptors (Lipinski definition) is 6. The van der Waals surface area contributed by atoms with Gasteiger partial charge in [0.2, 0.25) is 10.0 Å². The van der Waals surface area contributed by atoms with Gasteiger partial charge in [0.05, 0.1) is 9.82 Å². The molecule has 2 rings (SSSR count). The second-order valence-electron chi connectivity index (χ2n) is 5.65. The molecule has 0 fully saturated rings. The number of non-ortho nitro benzene ring substituents is 1. The molecule has 0 atom stereocenters. The number of nitro groups is 1. The Morgan fingerprint density at radius 1 is 1.12 bits per heavy atom. The zero-order chi connectivity index (χ0) is 19.3. The summed E-state index contributed by atoms with van der Waals surface area (Å²) in [7, 11) is -3.82. The summed E-state index contributed by atoms with van der Waals surface area (Å²) in [6.07, 6.45) is 0. The summed E-state index contributed by atoms with van der Waals surface area (Å²) in [6, 6.07) is 10.2. The van der Waals surface area contributed by atoms with Crippen molar-refractivity contribution in [3.8, 4) is 0 Å². The number of benzene rings is 2. The molecule has 0 aromatic heterocycles. The molecule has 138 valence electrons. The third kappa shape index (κ3) is 5.11. The van der Waals surface area contributed by atoms with E-state index < -0.39 is 27.5 Å². The Hall–Kier alpha value is -2.78. The van der Waals surface area contributed by atoms with Crippen LogP contribution in [0.5, 0.6) is 0 Å². The summed E-state index contributed by atoms with van der Waals surface area (Å²) in [5, 5.41) is 10.6. The highest BCUT2D eigenvalue weighted by Gasteiger charge is 2.16. The minimum absolute atomic E-state index is 0.0683. The van der Waals surface area contributed by atoms with Crippen LogP contribution in [0, 0.1) is 24.0 Å². The Bertz CT molecular complexity index is 923. The number of carbonyl (C=O) groups is 1. The van der Waals surface area contributed by atoms with Crippen LogP contribution >= 0.6 is 0 Å². The Labute approximate surface area is 151 Å².